The van der Waals surface area contributed by atoms with E-state index in [1.807, 2.05) is 37.3 Å². The first-order valence-corrected chi connectivity index (χ1v) is 8.13. The van der Waals surface area contributed by atoms with E-state index in [9.17, 15) is 9.90 Å². The maximum Gasteiger partial charge on any atom is 0.345 e. The fourth-order valence-corrected chi connectivity index (χ4v) is 2.46. The lowest BCUT2D eigenvalue weighted by Crippen LogP contribution is -2.29. The van der Waals surface area contributed by atoms with Crippen molar-refractivity contribution in [2.75, 3.05) is 0 Å². The van der Waals surface area contributed by atoms with E-state index < -0.39 is 12.1 Å². The summed E-state index contributed by atoms with van der Waals surface area (Å²) in [6.07, 6.45) is 2.90. The highest BCUT2D eigenvalue weighted by Gasteiger charge is 2.20. The highest BCUT2D eigenvalue weighted by molar-refractivity contribution is 5.73. The molecule has 2 rings (SSSR count). The third kappa shape index (κ3) is 5.13. The van der Waals surface area contributed by atoms with Crippen LogP contribution in [0.2, 0.25) is 0 Å². The molecule has 2 aromatic carbocycles. The summed E-state index contributed by atoms with van der Waals surface area (Å²) in [5.74, 6) is -0.317. The Labute approximate surface area is 137 Å². The lowest BCUT2D eigenvalue weighted by atomic mass is 10.0. The molecule has 0 aliphatic carbocycles. The molecule has 0 aliphatic rings. The molecule has 0 fully saturated rings. The van der Waals surface area contributed by atoms with Crippen molar-refractivity contribution in [2.45, 2.75) is 45.6 Å². The molecule has 1 N–H and O–H groups in total. The summed E-state index contributed by atoms with van der Waals surface area (Å²) in [6.45, 7) is 4.09. The molecule has 0 aromatic heterocycles. The zero-order valence-electron chi connectivity index (χ0n) is 13.8. The number of carboxylic acids is 1. The lowest BCUT2D eigenvalue weighted by molar-refractivity contribution is -0.145. The smallest absolute Gasteiger partial charge is 0.345 e. The number of carboxylic acid groups (broad SMARTS) is 1. The van der Waals surface area contributed by atoms with Crippen LogP contribution in [0.1, 0.15) is 36.5 Å². The molecule has 0 heterocycles. The fraction of sp³-hybridized carbons (Fsp3) is 0.350. The Morgan fingerprint density at radius 2 is 1.74 bits per heavy atom. The van der Waals surface area contributed by atoms with Crippen molar-refractivity contribution in [1.82, 2.24) is 0 Å². The molecule has 23 heavy (non-hydrogen) atoms. The number of unbranched alkanes of at least 4 members (excludes halogenated alkanes) is 1. The summed E-state index contributed by atoms with van der Waals surface area (Å²) >= 11 is 0. The Balaban J connectivity index is 2.05. The van der Waals surface area contributed by atoms with Crippen molar-refractivity contribution in [3.63, 3.8) is 0 Å². The molecule has 0 amide bonds. The van der Waals surface area contributed by atoms with Crippen LogP contribution in [-0.2, 0) is 17.6 Å². The third-order valence-electron chi connectivity index (χ3n) is 3.90. The second-order valence-corrected chi connectivity index (χ2v) is 5.83. The Bertz CT molecular complexity index is 632. The topological polar surface area (TPSA) is 46.5 Å². The van der Waals surface area contributed by atoms with Gasteiger partial charge in [-0.3, -0.25) is 0 Å². The fourth-order valence-electron chi connectivity index (χ4n) is 2.46. The molecule has 1 unspecified atom stereocenters. The molecule has 3 heteroatoms. The Hall–Kier alpha value is -2.29. The maximum atomic E-state index is 11.5. The maximum absolute atomic E-state index is 11.5. The predicted molar refractivity (Wildman–Crippen MR) is 92.0 cm³/mol. The van der Waals surface area contributed by atoms with Gasteiger partial charge in [-0.2, -0.15) is 0 Å². The van der Waals surface area contributed by atoms with Gasteiger partial charge in [-0.05, 0) is 42.5 Å². The number of hydrogen-bond donors (Lipinski definition) is 1. The second kappa shape index (κ2) is 8.37. The van der Waals surface area contributed by atoms with E-state index in [1.54, 1.807) is 6.07 Å². The van der Waals surface area contributed by atoms with Gasteiger partial charge in [0.2, 0.25) is 0 Å². The quantitative estimate of drug-likeness (QED) is 0.785. The number of carbonyl (C=O) groups is 1. The molecule has 0 saturated carbocycles. The molecular formula is C20H24O3. The van der Waals surface area contributed by atoms with Crippen LogP contribution < -0.4 is 4.74 Å². The Kier molecular flexibility index (Phi) is 6.21. The van der Waals surface area contributed by atoms with E-state index in [0.29, 0.717) is 12.2 Å². The SMILES string of the molecule is CCCCc1ccc(CC(Oc2ccccc2C)C(=O)O)cc1. The van der Waals surface area contributed by atoms with Gasteiger partial charge in [0.15, 0.2) is 6.10 Å². The van der Waals surface area contributed by atoms with Gasteiger partial charge in [-0.25, -0.2) is 4.79 Å². The predicted octanol–water partition coefficient (Wildman–Crippen LogP) is 4.41. The summed E-state index contributed by atoms with van der Waals surface area (Å²) in [6, 6.07) is 15.6. The van der Waals surface area contributed by atoms with Gasteiger partial charge >= 0.3 is 5.97 Å². The monoisotopic (exact) mass is 312 g/mol. The standard InChI is InChI=1S/C20H24O3/c1-3-4-8-16-10-12-17(13-11-16)14-19(20(21)22)23-18-9-6-5-7-15(18)2/h5-7,9-13,19H,3-4,8,14H2,1-2H3,(H,21,22). The number of para-hydroxylation sites is 1. The first kappa shape index (κ1) is 17.1. The van der Waals surface area contributed by atoms with Gasteiger partial charge in [0.1, 0.15) is 5.75 Å². The van der Waals surface area contributed by atoms with Gasteiger partial charge < -0.3 is 9.84 Å². The molecule has 1 atom stereocenters. The molecule has 0 spiro atoms. The third-order valence-corrected chi connectivity index (χ3v) is 3.90. The van der Waals surface area contributed by atoms with E-state index in [0.717, 1.165) is 17.5 Å². The molecule has 0 saturated heterocycles. The summed E-state index contributed by atoms with van der Waals surface area (Å²) in [5, 5.41) is 9.43. The molecular weight excluding hydrogens is 288 g/mol. The van der Waals surface area contributed by atoms with Gasteiger partial charge in [0.05, 0.1) is 0 Å². The normalized spacial score (nSPS) is 11.9. The van der Waals surface area contributed by atoms with Crippen LogP contribution in [0.25, 0.3) is 0 Å². The summed E-state index contributed by atoms with van der Waals surface area (Å²) in [7, 11) is 0. The van der Waals surface area contributed by atoms with Crippen molar-refractivity contribution in [1.29, 1.82) is 0 Å². The number of aliphatic carboxylic acids is 1. The molecule has 122 valence electrons. The molecule has 0 radical (unpaired) electrons. The van der Waals surface area contributed by atoms with Crippen LogP contribution in [0.4, 0.5) is 0 Å². The molecule has 0 aliphatic heterocycles. The summed E-state index contributed by atoms with van der Waals surface area (Å²) in [4.78, 5) is 11.5. The number of rotatable bonds is 8. The van der Waals surface area contributed by atoms with Crippen LogP contribution in [0, 0.1) is 6.92 Å². The number of hydrogen-bond acceptors (Lipinski definition) is 2. The van der Waals surface area contributed by atoms with Crippen LogP contribution in [0.3, 0.4) is 0 Å². The highest BCUT2D eigenvalue weighted by atomic mass is 16.5. The van der Waals surface area contributed by atoms with E-state index in [2.05, 4.69) is 19.1 Å². The average molecular weight is 312 g/mol. The van der Waals surface area contributed by atoms with E-state index in [-0.39, 0.29) is 0 Å². The number of benzene rings is 2. The molecule has 0 bridgehead atoms. The average Bonchev–Trinajstić information content (AvgIpc) is 2.55. The van der Waals surface area contributed by atoms with Gasteiger partial charge in [0.25, 0.3) is 0 Å². The van der Waals surface area contributed by atoms with Crippen molar-refractivity contribution in [3.8, 4) is 5.75 Å². The zero-order chi connectivity index (χ0) is 16.7. The van der Waals surface area contributed by atoms with E-state index >= 15 is 0 Å². The van der Waals surface area contributed by atoms with Crippen molar-refractivity contribution in [2.24, 2.45) is 0 Å². The first-order chi connectivity index (χ1) is 11.1. The number of aryl methyl sites for hydroxylation is 2. The van der Waals surface area contributed by atoms with Crippen molar-refractivity contribution < 1.29 is 14.6 Å². The summed E-state index contributed by atoms with van der Waals surface area (Å²) in [5.41, 5.74) is 3.21. The van der Waals surface area contributed by atoms with Crippen LogP contribution in [0.15, 0.2) is 48.5 Å². The van der Waals surface area contributed by atoms with Crippen LogP contribution in [0.5, 0.6) is 5.75 Å². The minimum atomic E-state index is -0.941. The van der Waals surface area contributed by atoms with Gasteiger partial charge in [-0.15, -0.1) is 0 Å². The van der Waals surface area contributed by atoms with E-state index in [4.69, 9.17) is 4.74 Å². The second-order valence-electron chi connectivity index (χ2n) is 5.83. The van der Waals surface area contributed by atoms with E-state index in [1.165, 1.54) is 18.4 Å². The Morgan fingerprint density at radius 1 is 1.09 bits per heavy atom. The Morgan fingerprint density at radius 3 is 2.35 bits per heavy atom. The van der Waals surface area contributed by atoms with Crippen molar-refractivity contribution in [3.05, 3.63) is 65.2 Å². The zero-order valence-corrected chi connectivity index (χ0v) is 13.8. The van der Waals surface area contributed by atoms with Crippen LogP contribution in [-0.4, -0.2) is 17.2 Å². The highest BCUT2D eigenvalue weighted by Crippen LogP contribution is 2.20. The lowest BCUT2D eigenvalue weighted by Gasteiger charge is -2.17. The van der Waals surface area contributed by atoms with Crippen molar-refractivity contribution >= 4 is 5.97 Å². The molecule has 2 aromatic rings. The summed E-state index contributed by atoms with van der Waals surface area (Å²) < 4.78 is 5.71. The minimum absolute atomic E-state index is 0.359. The van der Waals surface area contributed by atoms with Crippen LogP contribution >= 0.6 is 0 Å². The number of ether oxygens (including phenoxy) is 1. The molecule has 3 nitrogen and oxygen atoms in total. The van der Waals surface area contributed by atoms with Gasteiger partial charge in [-0.1, -0.05) is 55.8 Å². The van der Waals surface area contributed by atoms with Gasteiger partial charge in [0, 0.05) is 6.42 Å². The first-order valence-electron chi connectivity index (χ1n) is 8.13. The largest absolute Gasteiger partial charge is 0.478 e. The minimum Gasteiger partial charge on any atom is -0.478 e.